The molecule has 1 aromatic rings. The number of hydrogen-bond acceptors (Lipinski definition) is 2. The van der Waals surface area contributed by atoms with Crippen molar-refractivity contribution in [3.63, 3.8) is 0 Å². The van der Waals surface area contributed by atoms with Crippen LogP contribution in [0, 0.1) is 5.41 Å². The van der Waals surface area contributed by atoms with Crippen molar-refractivity contribution < 1.29 is 0 Å². The van der Waals surface area contributed by atoms with Gasteiger partial charge in [-0.3, -0.25) is 0 Å². The molecule has 0 aliphatic carbocycles. The first-order valence-corrected chi connectivity index (χ1v) is 6.22. The van der Waals surface area contributed by atoms with Crippen LogP contribution in [0.1, 0.15) is 13.8 Å². The van der Waals surface area contributed by atoms with Crippen molar-refractivity contribution in [2.45, 2.75) is 19.2 Å². The minimum absolute atomic E-state index is 0.163. The van der Waals surface area contributed by atoms with E-state index in [9.17, 15) is 0 Å². The Labute approximate surface area is 104 Å². The smallest absolute Gasteiger partial charge is 0.128 e. The minimum atomic E-state index is 0.163. The summed E-state index contributed by atoms with van der Waals surface area (Å²) in [7, 11) is 0. The van der Waals surface area contributed by atoms with E-state index in [0.717, 1.165) is 23.4 Å². The molecule has 1 saturated heterocycles. The fourth-order valence-electron chi connectivity index (χ4n) is 1.83. The summed E-state index contributed by atoms with van der Waals surface area (Å²) < 4.78 is 1.01. The third-order valence-corrected chi connectivity index (χ3v) is 4.06. The van der Waals surface area contributed by atoms with E-state index >= 15 is 0 Å². The Bertz CT molecular complexity index is 350. The highest BCUT2D eigenvalue weighted by atomic mass is 79.9. The zero-order chi connectivity index (χ0) is 11.1. The van der Waals surface area contributed by atoms with Gasteiger partial charge in [-0.1, -0.05) is 13.8 Å². The number of alkyl halides is 1. The van der Waals surface area contributed by atoms with Gasteiger partial charge in [-0.05, 0) is 28.1 Å². The minimum Gasteiger partial charge on any atom is -0.355 e. The van der Waals surface area contributed by atoms with Crippen molar-refractivity contribution in [1.29, 1.82) is 0 Å². The van der Waals surface area contributed by atoms with Gasteiger partial charge in [0.1, 0.15) is 5.82 Å². The summed E-state index contributed by atoms with van der Waals surface area (Å²) >= 11 is 9.68. The molecular weight excluding hydrogens is 275 g/mol. The van der Waals surface area contributed by atoms with Crippen LogP contribution in [0.3, 0.4) is 0 Å². The molecule has 1 aliphatic rings. The molecule has 2 rings (SSSR count). The van der Waals surface area contributed by atoms with Gasteiger partial charge in [0.05, 0.1) is 5.38 Å². The quantitative estimate of drug-likeness (QED) is 0.738. The Morgan fingerprint density at radius 2 is 2.27 bits per heavy atom. The maximum absolute atomic E-state index is 6.30. The second-order valence-corrected chi connectivity index (χ2v) is 6.11. The van der Waals surface area contributed by atoms with Crippen LogP contribution in [0.5, 0.6) is 0 Å². The number of anilines is 1. The summed E-state index contributed by atoms with van der Waals surface area (Å²) in [5.74, 6) is 1.01. The molecule has 1 aromatic heterocycles. The van der Waals surface area contributed by atoms with E-state index in [1.165, 1.54) is 0 Å². The average molecular weight is 290 g/mol. The summed E-state index contributed by atoms with van der Waals surface area (Å²) in [6, 6.07) is 4.03. The zero-order valence-corrected chi connectivity index (χ0v) is 11.2. The second-order valence-electron chi connectivity index (χ2n) is 4.67. The van der Waals surface area contributed by atoms with Crippen LogP contribution in [-0.4, -0.2) is 23.5 Å². The number of pyridine rings is 1. The molecule has 0 spiro atoms. The van der Waals surface area contributed by atoms with E-state index in [-0.39, 0.29) is 10.8 Å². The molecule has 0 saturated carbocycles. The Morgan fingerprint density at radius 1 is 1.53 bits per heavy atom. The normalized spacial score (nSPS) is 24.5. The van der Waals surface area contributed by atoms with E-state index in [4.69, 9.17) is 11.6 Å². The predicted molar refractivity (Wildman–Crippen MR) is 67.6 cm³/mol. The van der Waals surface area contributed by atoms with Gasteiger partial charge in [0, 0.05) is 29.2 Å². The molecule has 82 valence electrons. The van der Waals surface area contributed by atoms with Gasteiger partial charge in [0.15, 0.2) is 0 Å². The summed E-state index contributed by atoms with van der Waals surface area (Å²) in [6.07, 6.45) is 1.82. The lowest BCUT2D eigenvalue weighted by Gasteiger charge is -2.21. The van der Waals surface area contributed by atoms with Crippen molar-refractivity contribution in [2.24, 2.45) is 5.41 Å². The largest absolute Gasteiger partial charge is 0.355 e. The zero-order valence-electron chi connectivity index (χ0n) is 8.87. The standard InChI is InChI=1S/C11H14BrClN2/c1-11(2)7-15(6-9(11)13)10-4-3-8(12)5-14-10/h3-5,9H,6-7H2,1-2H3. The van der Waals surface area contributed by atoms with Crippen molar-refractivity contribution >= 4 is 33.3 Å². The Hall–Kier alpha value is -0.280. The highest BCUT2D eigenvalue weighted by molar-refractivity contribution is 9.10. The van der Waals surface area contributed by atoms with Crippen molar-refractivity contribution in [2.75, 3.05) is 18.0 Å². The first kappa shape index (κ1) is 11.2. The number of aromatic nitrogens is 1. The molecule has 2 nitrogen and oxygen atoms in total. The Kier molecular flexibility index (Phi) is 2.95. The van der Waals surface area contributed by atoms with Gasteiger partial charge in [-0.15, -0.1) is 11.6 Å². The third kappa shape index (κ3) is 2.28. The summed E-state index contributed by atoms with van der Waals surface area (Å²) in [5, 5.41) is 0.197. The lowest BCUT2D eigenvalue weighted by molar-refractivity contribution is 0.425. The fourth-order valence-corrected chi connectivity index (χ4v) is 2.30. The molecule has 4 heteroatoms. The highest BCUT2D eigenvalue weighted by Gasteiger charge is 2.38. The first-order chi connectivity index (χ1) is 6.99. The van der Waals surface area contributed by atoms with E-state index < -0.39 is 0 Å². The van der Waals surface area contributed by atoms with Crippen LogP contribution in [0.4, 0.5) is 5.82 Å². The number of rotatable bonds is 1. The van der Waals surface area contributed by atoms with Gasteiger partial charge < -0.3 is 4.90 Å². The molecule has 0 radical (unpaired) electrons. The van der Waals surface area contributed by atoms with E-state index in [1.54, 1.807) is 0 Å². The number of hydrogen-bond donors (Lipinski definition) is 0. The molecule has 0 N–H and O–H groups in total. The van der Waals surface area contributed by atoms with E-state index in [1.807, 2.05) is 18.3 Å². The summed E-state index contributed by atoms with van der Waals surface area (Å²) in [5.41, 5.74) is 0.163. The maximum atomic E-state index is 6.30. The molecule has 15 heavy (non-hydrogen) atoms. The Balaban J connectivity index is 2.17. The van der Waals surface area contributed by atoms with E-state index in [2.05, 4.69) is 39.7 Å². The van der Waals surface area contributed by atoms with Gasteiger partial charge in [-0.25, -0.2) is 4.98 Å². The molecule has 0 aromatic carbocycles. The van der Waals surface area contributed by atoms with Crippen LogP contribution >= 0.6 is 27.5 Å². The SMILES string of the molecule is CC1(C)CN(c2ccc(Br)cn2)CC1Cl. The van der Waals surface area contributed by atoms with Gasteiger partial charge in [0.2, 0.25) is 0 Å². The van der Waals surface area contributed by atoms with Gasteiger partial charge in [0.25, 0.3) is 0 Å². The van der Waals surface area contributed by atoms with Crippen LogP contribution in [0.2, 0.25) is 0 Å². The van der Waals surface area contributed by atoms with Gasteiger partial charge in [-0.2, -0.15) is 0 Å². The molecule has 1 fully saturated rings. The molecule has 0 bridgehead atoms. The van der Waals surface area contributed by atoms with Crippen LogP contribution in [0.15, 0.2) is 22.8 Å². The van der Waals surface area contributed by atoms with E-state index in [0.29, 0.717) is 0 Å². The summed E-state index contributed by atoms with van der Waals surface area (Å²) in [4.78, 5) is 6.62. The number of nitrogens with zero attached hydrogens (tertiary/aromatic N) is 2. The number of halogens is 2. The molecule has 1 unspecified atom stereocenters. The lowest BCUT2D eigenvalue weighted by Crippen LogP contribution is -2.24. The maximum Gasteiger partial charge on any atom is 0.128 e. The molecule has 1 aliphatic heterocycles. The second kappa shape index (κ2) is 3.95. The van der Waals surface area contributed by atoms with Gasteiger partial charge >= 0.3 is 0 Å². The molecule has 1 atom stereocenters. The van der Waals surface area contributed by atoms with Crippen molar-refractivity contribution in [3.05, 3.63) is 22.8 Å². The topological polar surface area (TPSA) is 16.1 Å². The van der Waals surface area contributed by atoms with Crippen LogP contribution in [-0.2, 0) is 0 Å². The molecule has 2 heterocycles. The summed E-state index contributed by atoms with van der Waals surface area (Å²) in [6.45, 7) is 6.24. The van der Waals surface area contributed by atoms with Crippen molar-refractivity contribution in [3.8, 4) is 0 Å². The predicted octanol–water partition coefficient (Wildman–Crippen LogP) is 3.30. The van der Waals surface area contributed by atoms with Crippen LogP contribution in [0.25, 0.3) is 0 Å². The van der Waals surface area contributed by atoms with Crippen molar-refractivity contribution in [1.82, 2.24) is 4.98 Å². The molecular formula is C11H14BrClN2. The molecule has 0 amide bonds. The lowest BCUT2D eigenvalue weighted by atomic mass is 9.92. The fraction of sp³-hybridized carbons (Fsp3) is 0.545. The highest BCUT2D eigenvalue weighted by Crippen LogP contribution is 2.35. The average Bonchev–Trinajstić information content (AvgIpc) is 2.42. The van der Waals surface area contributed by atoms with Crippen LogP contribution < -0.4 is 4.90 Å². The first-order valence-electron chi connectivity index (χ1n) is 4.99. The monoisotopic (exact) mass is 288 g/mol. The third-order valence-electron chi connectivity index (χ3n) is 2.86. The Morgan fingerprint density at radius 3 is 2.73 bits per heavy atom.